The third-order valence-electron chi connectivity index (χ3n) is 4.70. The molecule has 1 aromatic heterocycles. The molecule has 0 bridgehead atoms. The minimum absolute atomic E-state index is 0.000490. The van der Waals surface area contributed by atoms with Gasteiger partial charge in [0.25, 0.3) is 5.69 Å². The number of nitro benzene ring substituents is 1. The molecule has 0 unspecified atom stereocenters. The molecule has 164 valence electrons. The largest absolute Gasteiger partial charge is 0.507 e. The maximum absolute atomic E-state index is 10.9. The van der Waals surface area contributed by atoms with Crippen LogP contribution in [-0.4, -0.2) is 44.3 Å². The van der Waals surface area contributed by atoms with Crippen molar-refractivity contribution in [2.45, 2.75) is 12.8 Å². The van der Waals surface area contributed by atoms with Gasteiger partial charge >= 0.3 is 0 Å². The summed E-state index contributed by atoms with van der Waals surface area (Å²) in [5, 5.41) is 28.0. The molecule has 1 aliphatic rings. The summed E-state index contributed by atoms with van der Waals surface area (Å²) in [7, 11) is 0. The summed E-state index contributed by atoms with van der Waals surface area (Å²) in [5.74, 6) is 1.14. The van der Waals surface area contributed by atoms with Crippen LogP contribution in [0.2, 0.25) is 0 Å². The van der Waals surface area contributed by atoms with Crippen LogP contribution in [0.1, 0.15) is 18.4 Å². The number of nitrogens with one attached hydrogen (secondary N) is 2. The molecular weight excluding hydrogens is 527 g/mol. The van der Waals surface area contributed by atoms with E-state index in [4.69, 9.17) is 0 Å². The number of anilines is 4. The van der Waals surface area contributed by atoms with Gasteiger partial charge in [-0.25, -0.2) is 5.43 Å². The first kappa shape index (κ1) is 21.7. The molecule has 32 heavy (non-hydrogen) atoms. The van der Waals surface area contributed by atoms with Crippen molar-refractivity contribution < 1.29 is 10.0 Å². The minimum atomic E-state index is -0.455. The van der Waals surface area contributed by atoms with Crippen LogP contribution in [0.3, 0.4) is 0 Å². The van der Waals surface area contributed by atoms with Crippen LogP contribution in [0, 0.1) is 13.7 Å². The summed E-state index contributed by atoms with van der Waals surface area (Å²) in [6.45, 7) is 1.69. The first-order valence-corrected chi connectivity index (χ1v) is 10.9. The number of phenolic OH excluding ortho intramolecular Hbond substituents is 1. The Morgan fingerprint density at radius 2 is 1.81 bits per heavy atom. The molecule has 1 fully saturated rings. The lowest BCUT2D eigenvalue weighted by atomic mass is 10.2. The third-order valence-corrected chi connectivity index (χ3v) is 5.38. The van der Waals surface area contributed by atoms with Crippen molar-refractivity contribution in [3.63, 3.8) is 0 Å². The number of aromatic nitrogens is 3. The fourth-order valence-electron chi connectivity index (χ4n) is 3.11. The number of phenols is 1. The number of non-ortho nitro benzene ring substituents is 1. The zero-order valence-electron chi connectivity index (χ0n) is 16.8. The summed E-state index contributed by atoms with van der Waals surface area (Å²) in [6, 6.07) is 11.2. The Labute approximate surface area is 196 Å². The van der Waals surface area contributed by atoms with E-state index in [1.54, 1.807) is 30.3 Å². The number of hydrogen-bond donors (Lipinski definition) is 3. The molecule has 12 heteroatoms. The van der Waals surface area contributed by atoms with Gasteiger partial charge in [-0.05, 0) is 65.8 Å². The van der Waals surface area contributed by atoms with Crippen LogP contribution in [-0.2, 0) is 0 Å². The van der Waals surface area contributed by atoms with Gasteiger partial charge in [-0.15, -0.1) is 0 Å². The lowest BCUT2D eigenvalue weighted by molar-refractivity contribution is -0.384. The summed E-state index contributed by atoms with van der Waals surface area (Å²) in [6.07, 6.45) is 3.60. The van der Waals surface area contributed by atoms with E-state index in [0.29, 0.717) is 17.2 Å². The standard InChI is InChI=1S/C20H19IN8O3/c21-14-3-8-17(30)13(11-14)12-22-27-19-24-18(25-20(26-19)28-9-1-2-10-28)23-15-4-6-16(7-5-15)29(31)32/h3-8,11-12,30H,1-2,9-10H2,(H2,23,24,25,26,27)/b22-12+. The molecule has 11 nitrogen and oxygen atoms in total. The van der Waals surface area contributed by atoms with E-state index in [1.807, 2.05) is 0 Å². The van der Waals surface area contributed by atoms with E-state index in [2.05, 4.69) is 58.3 Å². The maximum atomic E-state index is 10.9. The molecule has 3 aromatic rings. The van der Waals surface area contributed by atoms with E-state index in [-0.39, 0.29) is 23.3 Å². The van der Waals surface area contributed by atoms with Gasteiger partial charge in [0.2, 0.25) is 17.8 Å². The third kappa shape index (κ3) is 5.38. The van der Waals surface area contributed by atoms with E-state index >= 15 is 0 Å². The summed E-state index contributed by atoms with van der Waals surface area (Å²) in [5.41, 5.74) is 3.95. The van der Waals surface area contributed by atoms with Gasteiger partial charge in [0, 0.05) is 40.0 Å². The average Bonchev–Trinajstić information content (AvgIpc) is 3.31. The van der Waals surface area contributed by atoms with Gasteiger partial charge in [-0.2, -0.15) is 20.1 Å². The summed E-state index contributed by atoms with van der Waals surface area (Å²) < 4.78 is 0.966. The Morgan fingerprint density at radius 3 is 2.53 bits per heavy atom. The Hall–Kier alpha value is -3.55. The Morgan fingerprint density at radius 1 is 1.09 bits per heavy atom. The highest BCUT2D eigenvalue weighted by Gasteiger charge is 2.17. The lowest BCUT2D eigenvalue weighted by Gasteiger charge is -2.16. The lowest BCUT2D eigenvalue weighted by Crippen LogP contribution is -2.21. The molecule has 0 spiro atoms. The van der Waals surface area contributed by atoms with E-state index in [9.17, 15) is 15.2 Å². The molecule has 1 aliphatic heterocycles. The molecule has 1 saturated heterocycles. The molecule has 0 amide bonds. The number of nitro groups is 1. The summed E-state index contributed by atoms with van der Waals surface area (Å²) >= 11 is 2.15. The van der Waals surface area contributed by atoms with E-state index in [0.717, 1.165) is 29.5 Å². The number of aromatic hydroxyl groups is 1. The normalized spacial score (nSPS) is 13.5. The van der Waals surface area contributed by atoms with E-state index in [1.165, 1.54) is 18.3 Å². The van der Waals surface area contributed by atoms with Crippen LogP contribution in [0.4, 0.5) is 29.2 Å². The predicted octanol–water partition coefficient (Wildman–Crippen LogP) is 3.88. The number of halogens is 1. The molecule has 0 atom stereocenters. The zero-order valence-corrected chi connectivity index (χ0v) is 18.9. The minimum Gasteiger partial charge on any atom is -0.507 e. The number of benzene rings is 2. The van der Waals surface area contributed by atoms with Gasteiger partial charge in [-0.1, -0.05) is 0 Å². The maximum Gasteiger partial charge on any atom is 0.269 e. The molecule has 0 aliphatic carbocycles. The first-order chi connectivity index (χ1) is 15.5. The second-order valence-corrected chi connectivity index (χ2v) is 8.22. The highest BCUT2D eigenvalue weighted by Crippen LogP contribution is 2.23. The molecule has 4 rings (SSSR count). The smallest absolute Gasteiger partial charge is 0.269 e. The van der Waals surface area contributed by atoms with Crippen LogP contribution >= 0.6 is 22.6 Å². The SMILES string of the molecule is O=[N+]([O-])c1ccc(Nc2nc(N/N=C/c3cc(I)ccc3O)nc(N3CCCC3)n2)cc1. The Balaban J connectivity index is 1.57. The monoisotopic (exact) mass is 546 g/mol. The fraction of sp³-hybridized carbons (Fsp3) is 0.200. The van der Waals surface area contributed by atoms with Crippen molar-refractivity contribution >= 4 is 58.0 Å². The highest BCUT2D eigenvalue weighted by molar-refractivity contribution is 14.1. The Kier molecular flexibility index (Phi) is 6.58. The van der Waals surface area contributed by atoms with Crippen molar-refractivity contribution in [2.24, 2.45) is 5.10 Å². The molecule has 0 saturated carbocycles. The number of hydrogen-bond acceptors (Lipinski definition) is 10. The number of hydrazone groups is 1. The van der Waals surface area contributed by atoms with Crippen molar-refractivity contribution in [3.05, 3.63) is 61.7 Å². The first-order valence-electron chi connectivity index (χ1n) is 9.78. The van der Waals surface area contributed by atoms with Crippen LogP contribution in [0.15, 0.2) is 47.6 Å². The molecule has 2 heterocycles. The number of nitrogens with zero attached hydrogens (tertiary/aromatic N) is 6. The van der Waals surface area contributed by atoms with Gasteiger partial charge in [0.05, 0.1) is 11.1 Å². The van der Waals surface area contributed by atoms with Crippen molar-refractivity contribution in [3.8, 4) is 5.75 Å². The quantitative estimate of drug-likeness (QED) is 0.174. The fourth-order valence-corrected chi connectivity index (χ4v) is 3.63. The number of rotatable bonds is 7. The second kappa shape index (κ2) is 9.72. The topological polar surface area (TPSA) is 142 Å². The van der Waals surface area contributed by atoms with Crippen LogP contribution < -0.4 is 15.6 Å². The van der Waals surface area contributed by atoms with Gasteiger partial charge in [0.1, 0.15) is 5.75 Å². The van der Waals surface area contributed by atoms with Gasteiger partial charge in [0.15, 0.2) is 0 Å². The van der Waals surface area contributed by atoms with E-state index < -0.39 is 4.92 Å². The highest BCUT2D eigenvalue weighted by atomic mass is 127. The predicted molar refractivity (Wildman–Crippen MR) is 130 cm³/mol. The molecular formula is C20H19IN8O3. The van der Waals surface area contributed by atoms with Crippen molar-refractivity contribution in [1.82, 2.24) is 15.0 Å². The van der Waals surface area contributed by atoms with Crippen LogP contribution in [0.25, 0.3) is 0 Å². The summed E-state index contributed by atoms with van der Waals surface area (Å²) in [4.78, 5) is 25.7. The van der Waals surface area contributed by atoms with Crippen molar-refractivity contribution in [2.75, 3.05) is 28.7 Å². The average molecular weight is 546 g/mol. The second-order valence-electron chi connectivity index (χ2n) is 6.98. The zero-order chi connectivity index (χ0) is 22.5. The van der Waals surface area contributed by atoms with Gasteiger partial charge in [-0.3, -0.25) is 10.1 Å². The van der Waals surface area contributed by atoms with Gasteiger partial charge < -0.3 is 15.3 Å². The van der Waals surface area contributed by atoms with Crippen molar-refractivity contribution in [1.29, 1.82) is 0 Å². The molecule has 2 aromatic carbocycles. The molecule has 0 radical (unpaired) electrons. The Bertz CT molecular complexity index is 1150. The van der Waals surface area contributed by atoms with Crippen LogP contribution in [0.5, 0.6) is 5.75 Å². The molecule has 3 N–H and O–H groups in total.